The molecule has 26 heavy (non-hydrogen) atoms. The number of hydrogen-bond donors (Lipinski definition) is 5. The zero-order chi connectivity index (χ0) is 20.2. The Bertz CT molecular complexity index is 411. The minimum Gasteiger partial charge on any atom is -0.393 e. The summed E-state index contributed by atoms with van der Waals surface area (Å²) in [4.78, 5) is 0. The highest BCUT2D eigenvalue weighted by atomic mass is 16.4. The molecule has 1 fully saturated rings. The first kappa shape index (κ1) is 23.8. The van der Waals surface area contributed by atoms with Crippen LogP contribution in [-0.2, 0) is 0 Å². The van der Waals surface area contributed by atoms with Crippen LogP contribution in [0.3, 0.4) is 0 Å². The summed E-state index contributed by atoms with van der Waals surface area (Å²) in [6.45, 7) is 12.2. The molecule has 0 heterocycles. The fourth-order valence-corrected chi connectivity index (χ4v) is 4.29. The summed E-state index contributed by atoms with van der Waals surface area (Å²) in [5, 5.41) is 54.6. The third-order valence-electron chi connectivity index (χ3n) is 5.98. The topological polar surface area (TPSA) is 101 Å². The molecule has 0 bridgehead atoms. The van der Waals surface area contributed by atoms with Gasteiger partial charge >= 0.3 is 0 Å². The lowest BCUT2D eigenvalue weighted by Gasteiger charge is -2.53. The predicted octanol–water partition coefficient (Wildman–Crippen LogP) is 2.33. The van der Waals surface area contributed by atoms with Gasteiger partial charge in [-0.2, -0.15) is 0 Å². The van der Waals surface area contributed by atoms with Crippen molar-refractivity contribution in [3.63, 3.8) is 0 Å². The molecule has 5 nitrogen and oxygen atoms in total. The Morgan fingerprint density at radius 1 is 0.808 bits per heavy atom. The van der Waals surface area contributed by atoms with E-state index < -0.39 is 41.9 Å². The van der Waals surface area contributed by atoms with Gasteiger partial charge in [0, 0.05) is 11.8 Å². The van der Waals surface area contributed by atoms with Crippen molar-refractivity contribution in [2.75, 3.05) is 0 Å². The lowest BCUT2D eigenvalue weighted by Crippen LogP contribution is -2.68. The van der Waals surface area contributed by atoms with E-state index in [2.05, 4.69) is 13.8 Å². The Labute approximate surface area is 159 Å². The molecular formula is C21H42O5. The molecule has 1 rings (SSSR count). The van der Waals surface area contributed by atoms with Crippen LogP contribution in [0, 0.1) is 29.6 Å². The van der Waals surface area contributed by atoms with E-state index in [1.165, 1.54) is 0 Å². The molecule has 1 aliphatic rings. The van der Waals surface area contributed by atoms with Gasteiger partial charge < -0.3 is 25.5 Å². The SMILES string of the molecule is CC(C)CCC1C(O)C(C(O)CC(C)C)C(O)[C@@](O)(CCC(C)C)C1O. The number of aliphatic hydroxyl groups is 5. The molecule has 5 N–H and O–H groups in total. The summed E-state index contributed by atoms with van der Waals surface area (Å²) in [5.74, 6) is -0.475. The Morgan fingerprint density at radius 2 is 1.35 bits per heavy atom. The molecular weight excluding hydrogens is 332 g/mol. The van der Waals surface area contributed by atoms with E-state index in [0.717, 1.165) is 6.42 Å². The summed E-state index contributed by atoms with van der Waals surface area (Å²) in [5.41, 5.74) is -1.70. The fraction of sp³-hybridized carbons (Fsp3) is 1.00. The van der Waals surface area contributed by atoms with E-state index in [1.54, 1.807) is 0 Å². The van der Waals surface area contributed by atoms with Gasteiger partial charge in [-0.15, -0.1) is 0 Å². The summed E-state index contributed by atoms with van der Waals surface area (Å²) < 4.78 is 0. The van der Waals surface area contributed by atoms with E-state index in [9.17, 15) is 25.5 Å². The first-order chi connectivity index (χ1) is 11.9. The number of aliphatic hydroxyl groups excluding tert-OH is 4. The van der Waals surface area contributed by atoms with Crippen LogP contribution in [0.1, 0.15) is 73.6 Å². The highest BCUT2D eigenvalue weighted by Crippen LogP contribution is 2.44. The van der Waals surface area contributed by atoms with Crippen LogP contribution in [0.5, 0.6) is 0 Å². The molecule has 0 spiro atoms. The van der Waals surface area contributed by atoms with Gasteiger partial charge in [0.2, 0.25) is 0 Å². The second kappa shape index (κ2) is 9.83. The maximum atomic E-state index is 11.2. The van der Waals surface area contributed by atoms with Gasteiger partial charge in [0.1, 0.15) is 5.60 Å². The molecule has 0 radical (unpaired) electrons. The van der Waals surface area contributed by atoms with Crippen molar-refractivity contribution in [2.24, 2.45) is 29.6 Å². The highest BCUT2D eigenvalue weighted by Gasteiger charge is 2.58. The molecule has 0 saturated heterocycles. The van der Waals surface area contributed by atoms with Crippen LogP contribution in [0.2, 0.25) is 0 Å². The monoisotopic (exact) mass is 374 g/mol. The average Bonchev–Trinajstić information content (AvgIpc) is 2.50. The second-order valence-corrected chi connectivity index (χ2v) is 9.71. The summed E-state index contributed by atoms with van der Waals surface area (Å²) in [6.07, 6.45) is -1.79. The molecule has 6 unspecified atom stereocenters. The van der Waals surface area contributed by atoms with Crippen LogP contribution in [0.4, 0.5) is 0 Å². The molecule has 0 amide bonds. The summed E-state index contributed by atoms with van der Waals surface area (Å²) in [6, 6.07) is 0. The zero-order valence-electron chi connectivity index (χ0n) is 17.5. The third-order valence-corrected chi connectivity index (χ3v) is 5.98. The van der Waals surface area contributed by atoms with Crippen molar-refractivity contribution in [3.8, 4) is 0 Å². The second-order valence-electron chi connectivity index (χ2n) is 9.71. The molecule has 0 aliphatic heterocycles. The molecule has 0 aromatic carbocycles. The van der Waals surface area contributed by atoms with Crippen molar-refractivity contribution in [1.82, 2.24) is 0 Å². The van der Waals surface area contributed by atoms with Crippen molar-refractivity contribution in [1.29, 1.82) is 0 Å². The smallest absolute Gasteiger partial charge is 0.117 e. The lowest BCUT2D eigenvalue weighted by atomic mass is 9.61. The van der Waals surface area contributed by atoms with Gasteiger partial charge in [-0.05, 0) is 43.4 Å². The molecule has 156 valence electrons. The van der Waals surface area contributed by atoms with Crippen molar-refractivity contribution < 1.29 is 25.5 Å². The highest BCUT2D eigenvalue weighted by molar-refractivity contribution is 5.08. The van der Waals surface area contributed by atoms with Gasteiger partial charge in [-0.1, -0.05) is 48.0 Å². The molecule has 0 aromatic heterocycles. The molecule has 7 atom stereocenters. The molecule has 0 aromatic rings. The Kier molecular flexibility index (Phi) is 9.01. The van der Waals surface area contributed by atoms with E-state index in [4.69, 9.17) is 0 Å². The van der Waals surface area contributed by atoms with Crippen molar-refractivity contribution in [2.45, 2.75) is 104 Å². The molecule has 1 saturated carbocycles. The normalized spacial score (nSPS) is 36.9. The van der Waals surface area contributed by atoms with E-state index in [1.807, 2.05) is 27.7 Å². The standard InChI is InChI=1S/C21H42O5/c1-12(2)7-8-15-18(23)17(16(22)11-14(5)6)20(25)21(26,19(15)24)10-9-13(3)4/h12-20,22-26H,7-11H2,1-6H3/t15?,16?,17?,18?,19?,20?,21-/m1/s1. The Balaban J connectivity index is 3.15. The van der Waals surface area contributed by atoms with Gasteiger partial charge in [0.25, 0.3) is 0 Å². The van der Waals surface area contributed by atoms with Crippen molar-refractivity contribution in [3.05, 3.63) is 0 Å². The zero-order valence-corrected chi connectivity index (χ0v) is 17.5. The van der Waals surface area contributed by atoms with E-state index in [-0.39, 0.29) is 12.3 Å². The van der Waals surface area contributed by atoms with Crippen LogP contribution < -0.4 is 0 Å². The quantitative estimate of drug-likeness (QED) is 0.426. The molecule has 5 heteroatoms. The summed E-state index contributed by atoms with van der Waals surface area (Å²) in [7, 11) is 0. The number of hydrogen-bond acceptors (Lipinski definition) is 5. The van der Waals surface area contributed by atoms with Gasteiger partial charge in [0.15, 0.2) is 0 Å². The van der Waals surface area contributed by atoms with Crippen LogP contribution >= 0.6 is 0 Å². The third kappa shape index (κ3) is 5.65. The largest absolute Gasteiger partial charge is 0.393 e. The van der Waals surface area contributed by atoms with Gasteiger partial charge in [-0.3, -0.25) is 0 Å². The first-order valence-electron chi connectivity index (χ1n) is 10.4. The minimum atomic E-state index is -1.70. The van der Waals surface area contributed by atoms with Gasteiger partial charge in [-0.25, -0.2) is 0 Å². The van der Waals surface area contributed by atoms with Crippen LogP contribution in [0.15, 0.2) is 0 Å². The van der Waals surface area contributed by atoms with Crippen LogP contribution in [0.25, 0.3) is 0 Å². The maximum absolute atomic E-state index is 11.2. The lowest BCUT2D eigenvalue weighted by molar-refractivity contribution is -0.256. The minimum absolute atomic E-state index is 0.203. The maximum Gasteiger partial charge on any atom is 0.117 e. The van der Waals surface area contributed by atoms with Gasteiger partial charge in [0.05, 0.1) is 24.4 Å². The average molecular weight is 375 g/mol. The van der Waals surface area contributed by atoms with E-state index >= 15 is 0 Å². The first-order valence-corrected chi connectivity index (χ1v) is 10.4. The Morgan fingerprint density at radius 3 is 1.81 bits per heavy atom. The van der Waals surface area contributed by atoms with Crippen LogP contribution in [-0.4, -0.2) is 55.5 Å². The number of rotatable bonds is 9. The Hall–Kier alpha value is -0.200. The van der Waals surface area contributed by atoms with Crippen molar-refractivity contribution >= 4 is 0 Å². The molecule has 1 aliphatic carbocycles. The predicted molar refractivity (Wildman–Crippen MR) is 104 cm³/mol. The van der Waals surface area contributed by atoms with E-state index in [0.29, 0.717) is 31.1 Å². The summed E-state index contributed by atoms with van der Waals surface area (Å²) >= 11 is 0. The fourth-order valence-electron chi connectivity index (χ4n) is 4.29.